The molecule has 1 N–H and O–H groups in total. The second-order valence-electron chi connectivity index (χ2n) is 5.41. The molecule has 0 saturated carbocycles. The zero-order chi connectivity index (χ0) is 19.4. The van der Waals surface area contributed by atoms with Gasteiger partial charge in [0.2, 0.25) is 0 Å². The van der Waals surface area contributed by atoms with Crippen molar-refractivity contribution in [2.45, 2.75) is 13.0 Å². The Morgan fingerprint density at radius 3 is 2.59 bits per heavy atom. The summed E-state index contributed by atoms with van der Waals surface area (Å²) in [7, 11) is 0. The van der Waals surface area contributed by atoms with E-state index in [2.05, 4.69) is 20.4 Å². The number of carbonyl (C=O) groups is 2. The fraction of sp³-hybridized carbons (Fsp3) is 0.118. The normalized spacial score (nSPS) is 11.7. The predicted octanol–water partition coefficient (Wildman–Crippen LogP) is 3.15. The minimum atomic E-state index is -1.05. The standard InChI is InChI=1S/C17H13Cl2N5O3/c1-10(16(25)23-15-14(19)6-12(18)7-21-15)27-17(26)11-2-4-13(5-3-11)24-9-20-8-22-24/h2-10H,1H3,(H,21,23,25)/t10-/m1/s1. The number of hydrogen-bond acceptors (Lipinski definition) is 6. The van der Waals surface area contributed by atoms with E-state index < -0.39 is 18.0 Å². The number of halogens is 2. The summed E-state index contributed by atoms with van der Waals surface area (Å²) >= 11 is 11.7. The third-order valence-corrected chi connectivity index (χ3v) is 3.98. The van der Waals surface area contributed by atoms with Crippen LogP contribution in [0.4, 0.5) is 5.82 Å². The average molecular weight is 406 g/mol. The number of nitrogens with zero attached hydrogens (tertiary/aromatic N) is 4. The third-order valence-electron chi connectivity index (χ3n) is 3.49. The molecule has 0 aliphatic heterocycles. The van der Waals surface area contributed by atoms with Gasteiger partial charge >= 0.3 is 5.97 Å². The molecule has 0 bridgehead atoms. The minimum absolute atomic E-state index is 0.131. The van der Waals surface area contributed by atoms with Crippen molar-refractivity contribution in [2.75, 3.05) is 5.32 Å². The molecule has 0 saturated heterocycles. The molecule has 0 aliphatic carbocycles. The van der Waals surface area contributed by atoms with E-state index in [0.717, 1.165) is 5.69 Å². The van der Waals surface area contributed by atoms with Crippen molar-refractivity contribution in [2.24, 2.45) is 0 Å². The molecule has 0 spiro atoms. The van der Waals surface area contributed by atoms with Gasteiger partial charge in [-0.15, -0.1) is 0 Å². The lowest BCUT2D eigenvalue weighted by molar-refractivity contribution is -0.123. The van der Waals surface area contributed by atoms with Crippen LogP contribution in [-0.2, 0) is 9.53 Å². The van der Waals surface area contributed by atoms with E-state index >= 15 is 0 Å². The Hall–Kier alpha value is -2.97. The Kier molecular flexibility index (Phi) is 5.68. The van der Waals surface area contributed by atoms with Crippen LogP contribution < -0.4 is 5.32 Å². The lowest BCUT2D eigenvalue weighted by Gasteiger charge is -2.14. The average Bonchev–Trinajstić information content (AvgIpc) is 3.18. The summed E-state index contributed by atoms with van der Waals surface area (Å²) in [6.45, 7) is 1.45. The molecular weight excluding hydrogens is 393 g/mol. The van der Waals surface area contributed by atoms with Crippen molar-refractivity contribution in [1.29, 1.82) is 0 Å². The van der Waals surface area contributed by atoms with Gasteiger partial charge in [-0.3, -0.25) is 4.79 Å². The van der Waals surface area contributed by atoms with Crippen molar-refractivity contribution >= 4 is 40.9 Å². The van der Waals surface area contributed by atoms with Gasteiger partial charge in [-0.25, -0.2) is 19.4 Å². The highest BCUT2D eigenvalue weighted by Crippen LogP contribution is 2.22. The van der Waals surface area contributed by atoms with E-state index in [0.29, 0.717) is 10.6 Å². The first kappa shape index (κ1) is 18.8. The van der Waals surface area contributed by atoms with E-state index in [1.165, 1.54) is 31.8 Å². The molecular formula is C17H13Cl2N5O3. The highest BCUT2D eigenvalue weighted by Gasteiger charge is 2.20. The van der Waals surface area contributed by atoms with Crippen LogP contribution in [0.2, 0.25) is 10.0 Å². The number of aromatic nitrogens is 4. The Morgan fingerprint density at radius 2 is 1.96 bits per heavy atom. The largest absolute Gasteiger partial charge is 0.449 e. The number of hydrogen-bond donors (Lipinski definition) is 1. The number of nitrogens with one attached hydrogen (secondary N) is 1. The minimum Gasteiger partial charge on any atom is -0.449 e. The first-order valence-electron chi connectivity index (χ1n) is 7.72. The van der Waals surface area contributed by atoms with Crippen molar-refractivity contribution in [3.63, 3.8) is 0 Å². The van der Waals surface area contributed by atoms with E-state index in [4.69, 9.17) is 27.9 Å². The Morgan fingerprint density at radius 1 is 1.22 bits per heavy atom. The number of ether oxygens (including phenoxy) is 1. The fourth-order valence-corrected chi connectivity index (χ4v) is 2.53. The van der Waals surface area contributed by atoms with Crippen LogP contribution in [-0.4, -0.2) is 37.7 Å². The highest BCUT2D eigenvalue weighted by atomic mass is 35.5. The Balaban J connectivity index is 1.62. The molecule has 0 aliphatic rings. The summed E-state index contributed by atoms with van der Waals surface area (Å²) < 4.78 is 6.73. The summed E-state index contributed by atoms with van der Waals surface area (Å²) in [6.07, 6.45) is 3.23. The number of benzene rings is 1. The maximum atomic E-state index is 12.2. The number of amides is 1. The number of carbonyl (C=O) groups excluding carboxylic acids is 2. The monoisotopic (exact) mass is 405 g/mol. The molecule has 27 heavy (non-hydrogen) atoms. The van der Waals surface area contributed by atoms with Gasteiger partial charge < -0.3 is 10.1 Å². The summed E-state index contributed by atoms with van der Waals surface area (Å²) in [5.74, 6) is -1.08. The molecule has 138 valence electrons. The Labute approximate surface area is 164 Å². The highest BCUT2D eigenvalue weighted by molar-refractivity contribution is 6.36. The van der Waals surface area contributed by atoms with Gasteiger partial charge in [0, 0.05) is 6.20 Å². The van der Waals surface area contributed by atoms with Crippen LogP contribution in [0, 0.1) is 0 Å². The molecule has 3 rings (SSSR count). The SMILES string of the molecule is C[C@@H](OC(=O)c1ccc(-n2cncn2)cc1)C(=O)Nc1ncc(Cl)cc1Cl. The van der Waals surface area contributed by atoms with Crippen molar-refractivity contribution in [3.8, 4) is 5.69 Å². The second kappa shape index (κ2) is 8.15. The molecule has 1 amide bonds. The lowest BCUT2D eigenvalue weighted by atomic mass is 10.2. The topological polar surface area (TPSA) is 99.0 Å². The van der Waals surface area contributed by atoms with Gasteiger partial charge in [0.1, 0.15) is 12.7 Å². The molecule has 0 unspecified atom stereocenters. The molecule has 3 aromatic rings. The first-order valence-corrected chi connectivity index (χ1v) is 8.47. The van der Waals surface area contributed by atoms with Crippen LogP contribution in [0.5, 0.6) is 0 Å². The van der Waals surface area contributed by atoms with Gasteiger partial charge in [0.15, 0.2) is 11.9 Å². The van der Waals surface area contributed by atoms with E-state index in [-0.39, 0.29) is 10.8 Å². The van der Waals surface area contributed by atoms with E-state index in [9.17, 15) is 9.59 Å². The molecule has 8 nitrogen and oxygen atoms in total. The molecule has 0 radical (unpaired) electrons. The van der Waals surface area contributed by atoms with Crippen molar-refractivity contribution < 1.29 is 14.3 Å². The zero-order valence-electron chi connectivity index (χ0n) is 14.0. The van der Waals surface area contributed by atoms with Gasteiger partial charge in [-0.2, -0.15) is 5.10 Å². The number of pyridine rings is 1. The molecule has 1 aromatic carbocycles. The van der Waals surface area contributed by atoms with Gasteiger partial charge in [-0.05, 0) is 37.3 Å². The Bertz CT molecular complexity index is 961. The number of esters is 1. The van der Waals surface area contributed by atoms with E-state index in [1.807, 2.05) is 0 Å². The molecule has 2 aromatic heterocycles. The van der Waals surface area contributed by atoms with Gasteiger partial charge in [0.25, 0.3) is 5.91 Å². The fourth-order valence-electron chi connectivity index (χ4n) is 2.10. The zero-order valence-corrected chi connectivity index (χ0v) is 15.5. The van der Waals surface area contributed by atoms with Crippen LogP contribution in [0.25, 0.3) is 5.69 Å². The van der Waals surface area contributed by atoms with Gasteiger partial charge in [0.05, 0.1) is 21.3 Å². The summed E-state index contributed by atoms with van der Waals surface area (Å²) in [4.78, 5) is 32.2. The molecule has 0 fully saturated rings. The van der Waals surface area contributed by atoms with Crippen LogP contribution in [0.1, 0.15) is 17.3 Å². The summed E-state index contributed by atoms with van der Waals surface area (Å²) in [5.41, 5.74) is 1.03. The van der Waals surface area contributed by atoms with Gasteiger partial charge in [-0.1, -0.05) is 23.2 Å². The number of anilines is 1. The molecule has 10 heteroatoms. The molecule has 1 atom stereocenters. The smallest absolute Gasteiger partial charge is 0.338 e. The molecule has 2 heterocycles. The van der Waals surface area contributed by atoms with Crippen molar-refractivity contribution in [3.05, 3.63) is 64.8 Å². The second-order valence-corrected chi connectivity index (χ2v) is 6.25. The maximum Gasteiger partial charge on any atom is 0.338 e. The van der Waals surface area contributed by atoms with Crippen LogP contribution >= 0.6 is 23.2 Å². The summed E-state index contributed by atoms with van der Waals surface area (Å²) in [5, 5.41) is 7.00. The van der Waals surface area contributed by atoms with E-state index in [1.54, 1.807) is 28.9 Å². The quantitative estimate of drug-likeness (QED) is 0.654. The number of rotatable bonds is 5. The van der Waals surface area contributed by atoms with Crippen LogP contribution in [0.3, 0.4) is 0 Å². The maximum absolute atomic E-state index is 12.2. The van der Waals surface area contributed by atoms with Crippen molar-refractivity contribution in [1.82, 2.24) is 19.7 Å². The van der Waals surface area contributed by atoms with Crippen LogP contribution in [0.15, 0.2) is 49.2 Å². The summed E-state index contributed by atoms with van der Waals surface area (Å²) in [6, 6.07) is 7.96. The lowest BCUT2D eigenvalue weighted by Crippen LogP contribution is -2.30. The third kappa shape index (κ3) is 4.60. The predicted molar refractivity (Wildman–Crippen MR) is 99.1 cm³/mol. The first-order chi connectivity index (χ1) is 12.9.